The van der Waals surface area contributed by atoms with Gasteiger partial charge in [-0.05, 0) is 67.0 Å². The lowest BCUT2D eigenvalue weighted by atomic mass is 9.92. The highest BCUT2D eigenvalue weighted by atomic mass is 35.5. The molecule has 1 aromatic heterocycles. The van der Waals surface area contributed by atoms with Gasteiger partial charge in [-0.2, -0.15) is 0 Å². The van der Waals surface area contributed by atoms with Crippen molar-refractivity contribution in [2.75, 3.05) is 5.32 Å². The van der Waals surface area contributed by atoms with Gasteiger partial charge in [0.05, 0.1) is 6.42 Å². The van der Waals surface area contributed by atoms with Crippen LogP contribution in [0, 0.1) is 6.92 Å². The van der Waals surface area contributed by atoms with E-state index in [0.29, 0.717) is 27.7 Å². The van der Waals surface area contributed by atoms with Crippen LogP contribution in [0.15, 0.2) is 65.2 Å². The van der Waals surface area contributed by atoms with Crippen LogP contribution in [0.5, 0.6) is 0 Å². The summed E-state index contributed by atoms with van der Waals surface area (Å²) in [4.78, 5) is 24.0. The molecule has 2 N–H and O–H groups in total. The van der Waals surface area contributed by atoms with E-state index in [1.807, 2.05) is 54.6 Å². The van der Waals surface area contributed by atoms with Crippen molar-refractivity contribution in [2.45, 2.75) is 45.6 Å². The molecule has 194 valence electrons. The molecule has 0 spiro atoms. The molecule has 0 saturated carbocycles. The molecule has 0 radical (unpaired) electrons. The predicted molar refractivity (Wildman–Crippen MR) is 145 cm³/mol. The van der Waals surface area contributed by atoms with Crippen LogP contribution < -0.4 is 5.32 Å². The van der Waals surface area contributed by atoms with Crippen LogP contribution in [-0.4, -0.2) is 22.3 Å². The highest BCUT2D eigenvalue weighted by molar-refractivity contribution is 6.31. The minimum Gasteiger partial charge on any atom is -0.481 e. The standard InChI is InChI=1S/C30H27ClN2O5/c1-17-28(32-30(36)37-18(2)22-6-3-4-9-26(22)31)29(38-33-17)20-12-10-19(11-13-20)24-15-14-21(16-27(34)35)23-7-5-8-25(23)24/h3-4,6,9-15,18H,5,7-8,16H2,1-2H3,(H,32,36)(H,34,35). The van der Waals surface area contributed by atoms with Crippen molar-refractivity contribution in [3.05, 3.63) is 93.6 Å². The molecule has 1 aliphatic carbocycles. The topological polar surface area (TPSA) is 102 Å². The Balaban J connectivity index is 1.36. The zero-order valence-corrected chi connectivity index (χ0v) is 21.8. The van der Waals surface area contributed by atoms with Crippen LogP contribution in [0.4, 0.5) is 10.5 Å². The first-order valence-corrected chi connectivity index (χ1v) is 12.8. The monoisotopic (exact) mass is 530 g/mol. The van der Waals surface area contributed by atoms with Crippen molar-refractivity contribution in [2.24, 2.45) is 0 Å². The van der Waals surface area contributed by atoms with Crippen LogP contribution >= 0.6 is 11.6 Å². The van der Waals surface area contributed by atoms with E-state index in [1.165, 1.54) is 5.56 Å². The number of aryl methyl sites for hydroxylation is 1. The van der Waals surface area contributed by atoms with Crippen LogP contribution in [0.3, 0.4) is 0 Å². The van der Waals surface area contributed by atoms with Gasteiger partial charge < -0.3 is 14.4 Å². The SMILES string of the molecule is Cc1noc(-c2ccc(-c3ccc(CC(=O)O)c4c3CCC4)cc2)c1NC(=O)OC(C)c1ccccc1Cl. The molecule has 1 atom stereocenters. The smallest absolute Gasteiger partial charge is 0.412 e. The Labute approximate surface area is 225 Å². The van der Waals surface area contributed by atoms with Gasteiger partial charge in [-0.1, -0.05) is 71.4 Å². The van der Waals surface area contributed by atoms with Gasteiger partial charge in [0.2, 0.25) is 0 Å². The summed E-state index contributed by atoms with van der Waals surface area (Å²) in [6, 6.07) is 19.0. The van der Waals surface area contributed by atoms with Gasteiger partial charge in [0.25, 0.3) is 0 Å². The molecule has 1 unspecified atom stereocenters. The normalized spacial score (nSPS) is 13.1. The molecule has 5 rings (SSSR count). The maximum atomic E-state index is 12.7. The maximum Gasteiger partial charge on any atom is 0.412 e. The molecule has 0 aliphatic heterocycles. The number of aliphatic carboxylic acids is 1. The number of hydrogen-bond donors (Lipinski definition) is 2. The van der Waals surface area contributed by atoms with E-state index in [0.717, 1.165) is 47.1 Å². The Bertz CT molecular complexity index is 1510. The van der Waals surface area contributed by atoms with E-state index < -0.39 is 18.2 Å². The quantitative estimate of drug-likeness (QED) is 0.258. The van der Waals surface area contributed by atoms with Crippen LogP contribution in [-0.2, 0) is 28.8 Å². The second kappa shape index (κ2) is 10.7. The number of amides is 1. The largest absolute Gasteiger partial charge is 0.481 e. The second-order valence-corrected chi connectivity index (χ2v) is 9.80. The number of ether oxygens (including phenoxy) is 1. The first kappa shape index (κ1) is 25.5. The fourth-order valence-corrected chi connectivity index (χ4v) is 5.34. The molecule has 0 bridgehead atoms. The molecule has 1 aliphatic rings. The van der Waals surface area contributed by atoms with E-state index in [-0.39, 0.29) is 6.42 Å². The Morgan fingerprint density at radius 1 is 1.05 bits per heavy atom. The molecule has 4 aromatic rings. The van der Waals surface area contributed by atoms with Crippen LogP contribution in [0.25, 0.3) is 22.5 Å². The zero-order valence-electron chi connectivity index (χ0n) is 21.1. The number of carboxylic acids is 1. The number of benzene rings is 3. The summed E-state index contributed by atoms with van der Waals surface area (Å²) < 4.78 is 11.1. The molecular formula is C30H27ClN2O5. The lowest BCUT2D eigenvalue weighted by Gasteiger charge is -2.15. The lowest BCUT2D eigenvalue weighted by molar-refractivity contribution is -0.136. The van der Waals surface area contributed by atoms with Gasteiger partial charge in [0, 0.05) is 16.1 Å². The minimum absolute atomic E-state index is 0.0434. The Kier molecular flexibility index (Phi) is 7.20. The van der Waals surface area contributed by atoms with Crippen molar-refractivity contribution in [1.29, 1.82) is 0 Å². The third-order valence-corrected chi connectivity index (χ3v) is 7.24. The van der Waals surface area contributed by atoms with Gasteiger partial charge in [-0.15, -0.1) is 0 Å². The number of aromatic nitrogens is 1. The first-order valence-electron chi connectivity index (χ1n) is 12.5. The van der Waals surface area contributed by atoms with Gasteiger partial charge in [0.1, 0.15) is 17.5 Å². The fraction of sp³-hybridized carbons (Fsp3) is 0.233. The number of carbonyl (C=O) groups is 2. The summed E-state index contributed by atoms with van der Waals surface area (Å²) in [6.45, 7) is 3.50. The number of fused-ring (bicyclic) bond motifs is 1. The molecule has 1 amide bonds. The highest BCUT2D eigenvalue weighted by Gasteiger charge is 2.23. The number of hydrogen-bond acceptors (Lipinski definition) is 5. The van der Waals surface area contributed by atoms with Crippen LogP contribution in [0.1, 0.15) is 47.4 Å². The summed E-state index contributed by atoms with van der Waals surface area (Å²) in [5.41, 5.74) is 7.86. The molecule has 0 fully saturated rings. The van der Waals surface area contributed by atoms with E-state index in [1.54, 1.807) is 19.9 Å². The molecule has 1 heterocycles. The van der Waals surface area contributed by atoms with Crippen molar-refractivity contribution in [3.63, 3.8) is 0 Å². The van der Waals surface area contributed by atoms with Gasteiger partial charge >= 0.3 is 12.1 Å². The van der Waals surface area contributed by atoms with Crippen molar-refractivity contribution < 1.29 is 24.0 Å². The first-order chi connectivity index (χ1) is 18.3. The number of halogens is 1. The number of nitrogens with one attached hydrogen (secondary N) is 1. The average Bonchev–Trinajstić information content (AvgIpc) is 3.52. The lowest BCUT2D eigenvalue weighted by Crippen LogP contribution is -2.17. The molecular weight excluding hydrogens is 504 g/mol. The van der Waals surface area contributed by atoms with Crippen molar-refractivity contribution in [1.82, 2.24) is 5.16 Å². The predicted octanol–water partition coefficient (Wildman–Crippen LogP) is 7.40. The van der Waals surface area contributed by atoms with Gasteiger partial charge in [-0.3, -0.25) is 10.1 Å². The number of carboxylic acid groups (broad SMARTS) is 1. The third-order valence-electron chi connectivity index (χ3n) is 6.90. The number of anilines is 1. The van der Waals surface area contributed by atoms with Crippen LogP contribution in [0.2, 0.25) is 5.02 Å². The summed E-state index contributed by atoms with van der Waals surface area (Å²) in [5, 5.41) is 16.6. The maximum absolute atomic E-state index is 12.7. The summed E-state index contributed by atoms with van der Waals surface area (Å²) >= 11 is 6.23. The highest BCUT2D eigenvalue weighted by Crippen LogP contribution is 2.37. The molecule has 0 saturated heterocycles. The van der Waals surface area contributed by atoms with E-state index in [9.17, 15) is 14.7 Å². The average molecular weight is 531 g/mol. The van der Waals surface area contributed by atoms with Gasteiger partial charge in [-0.25, -0.2) is 4.79 Å². The zero-order chi connectivity index (χ0) is 26.8. The second-order valence-electron chi connectivity index (χ2n) is 9.40. The Hall–Kier alpha value is -4.10. The van der Waals surface area contributed by atoms with E-state index in [4.69, 9.17) is 20.9 Å². The van der Waals surface area contributed by atoms with E-state index >= 15 is 0 Å². The Morgan fingerprint density at radius 3 is 2.50 bits per heavy atom. The van der Waals surface area contributed by atoms with Crippen molar-refractivity contribution >= 4 is 29.4 Å². The summed E-state index contributed by atoms with van der Waals surface area (Å²) in [7, 11) is 0. The molecule has 3 aromatic carbocycles. The molecule has 38 heavy (non-hydrogen) atoms. The number of nitrogens with zero attached hydrogens (tertiary/aromatic N) is 1. The van der Waals surface area contributed by atoms with E-state index in [2.05, 4.69) is 10.5 Å². The number of carbonyl (C=O) groups excluding carboxylic acids is 1. The van der Waals surface area contributed by atoms with Gasteiger partial charge in [0.15, 0.2) is 5.76 Å². The molecule has 7 nitrogen and oxygen atoms in total. The number of rotatable bonds is 7. The fourth-order valence-electron chi connectivity index (χ4n) is 5.05. The summed E-state index contributed by atoms with van der Waals surface area (Å²) in [5.74, 6) is -0.386. The summed E-state index contributed by atoms with van der Waals surface area (Å²) in [6.07, 6.45) is 1.72. The Morgan fingerprint density at radius 2 is 1.76 bits per heavy atom. The van der Waals surface area contributed by atoms with Crippen molar-refractivity contribution in [3.8, 4) is 22.5 Å². The third kappa shape index (κ3) is 5.15. The molecule has 8 heteroatoms. The minimum atomic E-state index is -0.815.